The van der Waals surface area contributed by atoms with Crippen molar-refractivity contribution in [1.82, 2.24) is 19.3 Å². The Labute approximate surface area is 161 Å². The lowest BCUT2D eigenvalue weighted by Gasteiger charge is -2.34. The molecule has 3 rings (SSSR count). The fraction of sp³-hybridized carbons (Fsp3) is 0.529. The van der Waals surface area contributed by atoms with E-state index in [2.05, 4.69) is 10.1 Å². The summed E-state index contributed by atoms with van der Waals surface area (Å²) in [5.41, 5.74) is -0.589. The average Bonchev–Trinajstić information content (AvgIpc) is 3.10. The van der Waals surface area contributed by atoms with Crippen LogP contribution >= 0.6 is 0 Å². The SMILES string of the molecule is CC(C)S(=O)(=O)N1CCN(Cc2noc(-c3cccc(C(F)(F)F)c3)n2)CC1. The summed E-state index contributed by atoms with van der Waals surface area (Å²) < 4.78 is 69.5. The molecule has 1 aromatic carbocycles. The van der Waals surface area contributed by atoms with E-state index in [0.717, 1.165) is 12.1 Å². The predicted molar refractivity (Wildman–Crippen MR) is 95.6 cm³/mol. The quantitative estimate of drug-likeness (QED) is 0.743. The predicted octanol–water partition coefficient (Wildman–Crippen LogP) is 2.61. The number of aromatic nitrogens is 2. The van der Waals surface area contributed by atoms with Crippen molar-refractivity contribution in [3.8, 4) is 11.5 Å². The molecular weight excluding hydrogens is 397 g/mol. The van der Waals surface area contributed by atoms with Gasteiger partial charge in [-0.2, -0.15) is 22.5 Å². The third kappa shape index (κ3) is 4.53. The van der Waals surface area contributed by atoms with Crippen LogP contribution in [0.15, 0.2) is 28.8 Å². The zero-order chi connectivity index (χ0) is 20.5. The van der Waals surface area contributed by atoms with Gasteiger partial charge in [-0.25, -0.2) is 8.42 Å². The van der Waals surface area contributed by atoms with Crippen LogP contribution in [0.25, 0.3) is 11.5 Å². The number of sulfonamides is 1. The molecule has 0 atom stereocenters. The summed E-state index contributed by atoms with van der Waals surface area (Å²) in [6, 6.07) is 4.71. The molecule has 0 unspecified atom stereocenters. The molecule has 1 aliphatic heterocycles. The van der Waals surface area contributed by atoms with E-state index >= 15 is 0 Å². The highest BCUT2D eigenvalue weighted by molar-refractivity contribution is 7.89. The van der Waals surface area contributed by atoms with Crippen molar-refractivity contribution in [3.63, 3.8) is 0 Å². The maximum absolute atomic E-state index is 12.8. The normalized spacial score (nSPS) is 17.4. The third-order valence-electron chi connectivity index (χ3n) is 4.56. The van der Waals surface area contributed by atoms with Crippen molar-refractivity contribution in [2.45, 2.75) is 31.8 Å². The van der Waals surface area contributed by atoms with Crippen molar-refractivity contribution < 1.29 is 26.1 Å². The summed E-state index contributed by atoms with van der Waals surface area (Å²) in [4.78, 5) is 6.15. The number of alkyl halides is 3. The van der Waals surface area contributed by atoms with Crippen molar-refractivity contribution in [1.29, 1.82) is 0 Å². The molecule has 1 aliphatic rings. The second-order valence-electron chi connectivity index (χ2n) is 6.86. The molecular formula is C17H21F3N4O3S. The highest BCUT2D eigenvalue weighted by Gasteiger charge is 2.31. The van der Waals surface area contributed by atoms with Gasteiger partial charge in [-0.3, -0.25) is 4.90 Å². The number of hydrogen-bond donors (Lipinski definition) is 0. The summed E-state index contributed by atoms with van der Waals surface area (Å²) >= 11 is 0. The summed E-state index contributed by atoms with van der Waals surface area (Å²) in [5, 5.41) is 3.37. The fourth-order valence-corrected chi connectivity index (χ4v) is 4.17. The van der Waals surface area contributed by atoms with Crippen LogP contribution in [0.3, 0.4) is 0 Å². The zero-order valence-corrected chi connectivity index (χ0v) is 16.3. The minimum absolute atomic E-state index is 0.0159. The van der Waals surface area contributed by atoms with Gasteiger partial charge in [0.05, 0.1) is 17.4 Å². The van der Waals surface area contributed by atoms with Gasteiger partial charge in [-0.15, -0.1) is 0 Å². The Kier molecular flexibility index (Phi) is 5.78. The lowest BCUT2D eigenvalue weighted by atomic mass is 10.1. The van der Waals surface area contributed by atoms with Gasteiger partial charge in [0.1, 0.15) is 0 Å². The van der Waals surface area contributed by atoms with Crippen molar-refractivity contribution in [3.05, 3.63) is 35.7 Å². The van der Waals surface area contributed by atoms with E-state index in [9.17, 15) is 21.6 Å². The topological polar surface area (TPSA) is 79.5 Å². The maximum Gasteiger partial charge on any atom is 0.416 e. The second kappa shape index (κ2) is 7.80. The Morgan fingerprint density at radius 2 is 1.86 bits per heavy atom. The van der Waals surface area contributed by atoms with Gasteiger partial charge < -0.3 is 4.52 Å². The molecule has 2 heterocycles. The first-order valence-electron chi connectivity index (χ1n) is 8.79. The Balaban J connectivity index is 1.64. The van der Waals surface area contributed by atoms with Crippen molar-refractivity contribution >= 4 is 10.0 Å². The van der Waals surface area contributed by atoms with Crippen LogP contribution in [0.2, 0.25) is 0 Å². The standard InChI is InChI=1S/C17H21F3N4O3S/c1-12(2)28(25,26)24-8-6-23(7-9-24)11-15-21-16(27-22-15)13-4-3-5-14(10-13)17(18,19)20/h3-5,10,12H,6-9,11H2,1-2H3. The van der Waals surface area contributed by atoms with Crippen LogP contribution in [-0.4, -0.2) is 59.2 Å². The highest BCUT2D eigenvalue weighted by Crippen LogP contribution is 2.31. The lowest BCUT2D eigenvalue weighted by molar-refractivity contribution is -0.137. The molecule has 0 aliphatic carbocycles. The number of rotatable bonds is 5. The lowest BCUT2D eigenvalue weighted by Crippen LogP contribution is -2.50. The molecule has 0 radical (unpaired) electrons. The van der Waals surface area contributed by atoms with Crippen LogP contribution in [0.1, 0.15) is 25.2 Å². The van der Waals surface area contributed by atoms with Crippen molar-refractivity contribution in [2.24, 2.45) is 0 Å². The molecule has 2 aromatic rings. The van der Waals surface area contributed by atoms with E-state index in [1.165, 1.54) is 16.4 Å². The smallest absolute Gasteiger partial charge is 0.334 e. The molecule has 0 N–H and O–H groups in total. The number of nitrogens with zero attached hydrogens (tertiary/aromatic N) is 4. The largest absolute Gasteiger partial charge is 0.416 e. The van der Waals surface area contributed by atoms with Gasteiger partial charge in [0.25, 0.3) is 5.89 Å². The van der Waals surface area contributed by atoms with E-state index in [-0.39, 0.29) is 11.5 Å². The minimum atomic E-state index is -4.45. The number of halogens is 3. The maximum atomic E-state index is 12.8. The molecule has 1 aromatic heterocycles. The molecule has 0 saturated carbocycles. The number of hydrogen-bond acceptors (Lipinski definition) is 6. The van der Waals surface area contributed by atoms with Gasteiger partial charge in [0, 0.05) is 31.7 Å². The van der Waals surface area contributed by atoms with Gasteiger partial charge in [-0.1, -0.05) is 11.2 Å². The number of piperazine rings is 1. The molecule has 28 heavy (non-hydrogen) atoms. The average molecular weight is 418 g/mol. The minimum Gasteiger partial charge on any atom is -0.334 e. The Morgan fingerprint density at radius 3 is 2.46 bits per heavy atom. The highest BCUT2D eigenvalue weighted by atomic mass is 32.2. The molecule has 0 amide bonds. The first kappa shape index (κ1) is 20.7. The Hall–Kier alpha value is -1.98. The molecule has 11 heteroatoms. The first-order chi connectivity index (χ1) is 13.1. The van der Waals surface area contributed by atoms with E-state index in [1.807, 2.05) is 4.90 Å². The van der Waals surface area contributed by atoms with Crippen molar-refractivity contribution in [2.75, 3.05) is 26.2 Å². The van der Waals surface area contributed by atoms with Crippen LogP contribution < -0.4 is 0 Å². The molecule has 154 valence electrons. The molecule has 1 fully saturated rings. The van der Waals surface area contributed by atoms with E-state index < -0.39 is 27.0 Å². The Bertz CT molecular complexity index is 920. The van der Waals surface area contributed by atoms with E-state index in [0.29, 0.717) is 38.5 Å². The molecule has 7 nitrogen and oxygen atoms in total. The molecule has 0 spiro atoms. The summed E-state index contributed by atoms with van der Waals surface area (Å²) in [5.74, 6) is 0.356. The van der Waals surface area contributed by atoms with Gasteiger partial charge in [-0.05, 0) is 32.0 Å². The first-order valence-corrected chi connectivity index (χ1v) is 10.3. The second-order valence-corrected chi connectivity index (χ2v) is 9.35. The monoisotopic (exact) mass is 418 g/mol. The molecule has 1 saturated heterocycles. The fourth-order valence-electron chi connectivity index (χ4n) is 2.90. The summed E-state index contributed by atoms with van der Waals surface area (Å²) in [7, 11) is -3.28. The van der Waals surface area contributed by atoms with Crippen LogP contribution in [0.5, 0.6) is 0 Å². The van der Waals surface area contributed by atoms with Gasteiger partial charge in [0.2, 0.25) is 10.0 Å². The van der Waals surface area contributed by atoms with Crippen LogP contribution in [0.4, 0.5) is 13.2 Å². The summed E-state index contributed by atoms with van der Waals surface area (Å²) in [6.07, 6.45) is -4.45. The van der Waals surface area contributed by atoms with Gasteiger partial charge >= 0.3 is 6.18 Å². The van der Waals surface area contributed by atoms with Gasteiger partial charge in [0.15, 0.2) is 5.82 Å². The van der Waals surface area contributed by atoms with E-state index in [4.69, 9.17) is 4.52 Å². The zero-order valence-electron chi connectivity index (χ0n) is 15.5. The Morgan fingerprint density at radius 1 is 1.18 bits per heavy atom. The summed E-state index contributed by atoms with van der Waals surface area (Å²) in [6.45, 7) is 5.40. The molecule has 0 bridgehead atoms. The van der Waals surface area contributed by atoms with Crippen LogP contribution in [0, 0.1) is 0 Å². The van der Waals surface area contributed by atoms with E-state index in [1.54, 1.807) is 13.8 Å². The third-order valence-corrected chi connectivity index (χ3v) is 6.83. The van der Waals surface area contributed by atoms with Crippen LogP contribution in [-0.2, 0) is 22.7 Å². The number of benzene rings is 1.